The number of carboxylic acid groups (broad SMARTS) is 1. The predicted octanol–water partition coefficient (Wildman–Crippen LogP) is -0.229. The maximum Gasteiger partial charge on any atom is 0.320 e. The zero-order valence-corrected chi connectivity index (χ0v) is 9.15. The summed E-state index contributed by atoms with van der Waals surface area (Å²) in [6.07, 6.45) is 2.48. The minimum atomic E-state index is -0.913. The Morgan fingerprint density at radius 3 is 2.60 bits per heavy atom. The van der Waals surface area contributed by atoms with Crippen LogP contribution in [-0.4, -0.2) is 58.7 Å². The number of nitrogens with two attached hydrogens (primary N) is 1. The number of hydrogen-bond acceptors (Lipinski definition) is 3. The molecule has 0 aromatic carbocycles. The summed E-state index contributed by atoms with van der Waals surface area (Å²) >= 11 is 1.60. The van der Waals surface area contributed by atoms with Crippen molar-refractivity contribution in [3.05, 3.63) is 0 Å². The molecule has 5 heteroatoms. The molecule has 0 aliphatic rings. The molecule has 55 valence electrons. The fourth-order valence-electron chi connectivity index (χ4n) is 0.368. The molecular formula is C5H11NNaO2S. The maximum atomic E-state index is 10.1. The van der Waals surface area contributed by atoms with Gasteiger partial charge in [0, 0.05) is 29.6 Å². The summed E-state index contributed by atoms with van der Waals surface area (Å²) in [5.41, 5.74) is 5.19. The fraction of sp³-hybridized carbons (Fsp3) is 0.800. The van der Waals surface area contributed by atoms with E-state index < -0.39 is 12.0 Å². The molecule has 10 heavy (non-hydrogen) atoms. The molecule has 0 aliphatic carbocycles. The van der Waals surface area contributed by atoms with Gasteiger partial charge >= 0.3 is 5.97 Å². The van der Waals surface area contributed by atoms with Crippen molar-refractivity contribution in [3.63, 3.8) is 0 Å². The Labute approximate surface area is 87.0 Å². The van der Waals surface area contributed by atoms with Crippen LogP contribution >= 0.6 is 11.8 Å². The van der Waals surface area contributed by atoms with Crippen molar-refractivity contribution in [3.8, 4) is 0 Å². The van der Waals surface area contributed by atoms with Gasteiger partial charge in [-0.25, -0.2) is 0 Å². The van der Waals surface area contributed by atoms with Gasteiger partial charge in [0.2, 0.25) is 0 Å². The minimum Gasteiger partial charge on any atom is -0.480 e. The molecule has 0 fully saturated rings. The van der Waals surface area contributed by atoms with Gasteiger partial charge in [-0.1, -0.05) is 0 Å². The van der Waals surface area contributed by atoms with Crippen LogP contribution in [0.25, 0.3) is 0 Å². The van der Waals surface area contributed by atoms with Gasteiger partial charge in [-0.15, -0.1) is 0 Å². The second-order valence-corrected chi connectivity index (χ2v) is 2.71. The van der Waals surface area contributed by atoms with E-state index in [-0.39, 0.29) is 29.6 Å². The maximum absolute atomic E-state index is 10.1. The molecule has 1 radical (unpaired) electrons. The predicted molar refractivity (Wildman–Crippen MR) is 44.4 cm³/mol. The largest absolute Gasteiger partial charge is 0.480 e. The van der Waals surface area contributed by atoms with E-state index in [2.05, 4.69) is 0 Å². The van der Waals surface area contributed by atoms with Crippen molar-refractivity contribution >= 4 is 47.3 Å². The van der Waals surface area contributed by atoms with Crippen molar-refractivity contribution in [1.82, 2.24) is 0 Å². The Kier molecular flexibility index (Phi) is 10.5. The van der Waals surface area contributed by atoms with E-state index in [1.54, 1.807) is 11.8 Å². The van der Waals surface area contributed by atoms with Crippen LogP contribution < -0.4 is 5.73 Å². The van der Waals surface area contributed by atoms with Gasteiger partial charge in [0.25, 0.3) is 0 Å². The monoisotopic (exact) mass is 172 g/mol. The van der Waals surface area contributed by atoms with Crippen molar-refractivity contribution in [2.45, 2.75) is 12.5 Å². The van der Waals surface area contributed by atoms with Gasteiger partial charge in [-0.3, -0.25) is 4.79 Å². The summed E-state index contributed by atoms with van der Waals surface area (Å²) < 4.78 is 0. The summed E-state index contributed by atoms with van der Waals surface area (Å²) in [7, 11) is 0. The molecule has 0 rings (SSSR count). The molecule has 0 amide bonds. The Bertz CT molecular complexity index is 102. The molecule has 1 unspecified atom stereocenters. The van der Waals surface area contributed by atoms with Gasteiger partial charge in [-0.05, 0) is 18.4 Å². The van der Waals surface area contributed by atoms with Crippen LogP contribution in [0.15, 0.2) is 0 Å². The third kappa shape index (κ3) is 6.89. The standard InChI is InChI=1S/C5H11NO2S.Na/c1-9-3-2-4(6)5(7)8;/h4H,2-3,6H2,1H3,(H,7,8);. The summed E-state index contributed by atoms with van der Waals surface area (Å²) in [6.45, 7) is 0. The minimum absolute atomic E-state index is 0. The molecule has 0 saturated carbocycles. The number of thioether (sulfide) groups is 1. The van der Waals surface area contributed by atoms with Crippen LogP contribution in [-0.2, 0) is 4.79 Å². The normalized spacial score (nSPS) is 11.8. The molecule has 0 bridgehead atoms. The summed E-state index contributed by atoms with van der Waals surface area (Å²) in [6, 6.07) is -0.683. The molecule has 0 heterocycles. The van der Waals surface area contributed by atoms with Gasteiger partial charge in [0.1, 0.15) is 6.04 Å². The van der Waals surface area contributed by atoms with E-state index >= 15 is 0 Å². The number of carboxylic acids is 1. The van der Waals surface area contributed by atoms with Crippen molar-refractivity contribution in [2.75, 3.05) is 12.0 Å². The number of carbonyl (C=O) groups is 1. The number of aliphatic carboxylic acids is 1. The van der Waals surface area contributed by atoms with E-state index in [1.807, 2.05) is 6.26 Å². The van der Waals surface area contributed by atoms with Gasteiger partial charge in [-0.2, -0.15) is 11.8 Å². The Morgan fingerprint density at radius 2 is 2.30 bits per heavy atom. The first-order chi connectivity index (χ1) is 4.18. The van der Waals surface area contributed by atoms with E-state index in [0.717, 1.165) is 5.75 Å². The van der Waals surface area contributed by atoms with E-state index in [9.17, 15) is 4.79 Å². The first-order valence-electron chi connectivity index (χ1n) is 2.65. The van der Waals surface area contributed by atoms with E-state index in [0.29, 0.717) is 6.42 Å². The third-order valence-corrected chi connectivity index (χ3v) is 1.59. The van der Waals surface area contributed by atoms with E-state index in [1.165, 1.54) is 0 Å². The molecule has 0 saturated heterocycles. The van der Waals surface area contributed by atoms with E-state index in [4.69, 9.17) is 10.8 Å². The topological polar surface area (TPSA) is 63.3 Å². The third-order valence-electron chi connectivity index (χ3n) is 0.950. The second-order valence-electron chi connectivity index (χ2n) is 1.73. The SMILES string of the molecule is CSCCC(N)C(=O)O.[Na]. The first-order valence-corrected chi connectivity index (χ1v) is 4.05. The number of hydrogen-bond donors (Lipinski definition) is 2. The molecule has 0 aliphatic heterocycles. The Hall–Kier alpha value is 0.780. The molecule has 3 nitrogen and oxygen atoms in total. The van der Waals surface area contributed by atoms with Crippen LogP contribution in [0.3, 0.4) is 0 Å². The quantitative estimate of drug-likeness (QED) is 0.575. The van der Waals surface area contributed by atoms with Crippen LogP contribution in [0.4, 0.5) is 0 Å². The Balaban J connectivity index is 0. The van der Waals surface area contributed by atoms with Crippen molar-refractivity contribution < 1.29 is 9.90 Å². The summed E-state index contributed by atoms with van der Waals surface area (Å²) in [5, 5.41) is 8.27. The van der Waals surface area contributed by atoms with Gasteiger partial charge < -0.3 is 10.8 Å². The molecule has 0 aromatic rings. The first kappa shape index (κ1) is 13.4. The summed E-state index contributed by atoms with van der Waals surface area (Å²) in [5.74, 6) is -0.1000. The summed E-state index contributed by atoms with van der Waals surface area (Å²) in [4.78, 5) is 10.1. The zero-order chi connectivity index (χ0) is 7.28. The second kappa shape index (κ2) is 7.88. The van der Waals surface area contributed by atoms with Gasteiger partial charge in [0.05, 0.1) is 0 Å². The smallest absolute Gasteiger partial charge is 0.320 e. The van der Waals surface area contributed by atoms with Crippen LogP contribution in [0.5, 0.6) is 0 Å². The average molecular weight is 172 g/mol. The van der Waals surface area contributed by atoms with Gasteiger partial charge in [0.15, 0.2) is 0 Å². The van der Waals surface area contributed by atoms with Crippen LogP contribution in [0, 0.1) is 0 Å². The zero-order valence-electron chi connectivity index (χ0n) is 6.33. The molecular weight excluding hydrogens is 161 g/mol. The van der Waals surface area contributed by atoms with Crippen molar-refractivity contribution in [2.24, 2.45) is 5.73 Å². The number of rotatable bonds is 4. The molecule has 0 spiro atoms. The van der Waals surface area contributed by atoms with Crippen LogP contribution in [0.2, 0.25) is 0 Å². The molecule has 3 N–H and O–H groups in total. The Morgan fingerprint density at radius 1 is 1.80 bits per heavy atom. The van der Waals surface area contributed by atoms with Crippen molar-refractivity contribution in [1.29, 1.82) is 0 Å². The van der Waals surface area contributed by atoms with Crippen LogP contribution in [0.1, 0.15) is 6.42 Å². The molecule has 0 aromatic heterocycles. The molecule has 1 atom stereocenters. The average Bonchev–Trinajstić information content (AvgIpc) is 1.82. The fourth-order valence-corrected chi connectivity index (χ4v) is 0.858.